The van der Waals surface area contributed by atoms with Crippen molar-refractivity contribution in [3.63, 3.8) is 0 Å². The second-order valence-electron chi connectivity index (χ2n) is 6.15. The van der Waals surface area contributed by atoms with E-state index in [9.17, 15) is 0 Å². The Morgan fingerprint density at radius 2 is 2.00 bits per heavy atom. The van der Waals surface area contributed by atoms with Crippen molar-refractivity contribution in [2.24, 2.45) is 34.6 Å². The Morgan fingerprint density at radius 3 is 2.33 bits per heavy atom. The molecule has 0 heterocycles. The van der Waals surface area contributed by atoms with E-state index in [1.165, 1.54) is 25.7 Å². The Balaban J connectivity index is 2.53. The number of hydrogen-bond donors (Lipinski definition) is 2. The molecule has 4 N–H and O–H groups in total. The third-order valence-electron chi connectivity index (χ3n) is 5.21. The molecule has 0 aromatic carbocycles. The third kappa shape index (κ3) is 3.49. The van der Waals surface area contributed by atoms with Gasteiger partial charge in [-0.25, -0.2) is 0 Å². The number of rotatable bonds is 8. The molecule has 0 bridgehead atoms. The minimum absolute atomic E-state index is 0.328. The Kier molecular flexibility index (Phi) is 6.18. The van der Waals surface area contributed by atoms with Gasteiger partial charge in [-0.3, -0.25) is 0 Å². The fraction of sp³-hybridized carbons (Fsp3) is 0.875. The lowest BCUT2D eigenvalue weighted by Gasteiger charge is -2.42. The van der Waals surface area contributed by atoms with Crippen LogP contribution in [0, 0.1) is 35.5 Å². The van der Waals surface area contributed by atoms with Crippen LogP contribution in [0.4, 0.5) is 0 Å². The van der Waals surface area contributed by atoms with E-state index in [0.29, 0.717) is 29.7 Å². The molecule has 0 spiro atoms. The SMILES string of the molecule is C#CC(CCC1(CN)CCC1)C(CN)C(C)CC. The van der Waals surface area contributed by atoms with E-state index < -0.39 is 0 Å². The van der Waals surface area contributed by atoms with E-state index in [-0.39, 0.29) is 0 Å². The van der Waals surface area contributed by atoms with Crippen molar-refractivity contribution in [1.29, 1.82) is 0 Å². The summed E-state index contributed by atoms with van der Waals surface area (Å²) in [6, 6.07) is 0. The molecule has 1 saturated carbocycles. The van der Waals surface area contributed by atoms with E-state index in [4.69, 9.17) is 17.9 Å². The highest BCUT2D eigenvalue weighted by Crippen LogP contribution is 2.45. The first-order chi connectivity index (χ1) is 8.62. The summed E-state index contributed by atoms with van der Waals surface area (Å²) >= 11 is 0. The zero-order valence-corrected chi connectivity index (χ0v) is 12.1. The monoisotopic (exact) mass is 250 g/mol. The van der Waals surface area contributed by atoms with E-state index in [2.05, 4.69) is 19.8 Å². The van der Waals surface area contributed by atoms with Crippen molar-refractivity contribution < 1.29 is 0 Å². The van der Waals surface area contributed by atoms with E-state index in [1.54, 1.807) is 0 Å². The molecule has 2 nitrogen and oxygen atoms in total. The number of hydrogen-bond acceptors (Lipinski definition) is 2. The van der Waals surface area contributed by atoms with Crippen LogP contribution >= 0.6 is 0 Å². The maximum Gasteiger partial charge on any atom is 0.0243 e. The molecule has 0 radical (unpaired) electrons. The Morgan fingerprint density at radius 1 is 1.33 bits per heavy atom. The van der Waals surface area contributed by atoms with Crippen LogP contribution in [0.15, 0.2) is 0 Å². The molecule has 1 aliphatic rings. The molecule has 0 aromatic rings. The van der Waals surface area contributed by atoms with Crippen molar-refractivity contribution in [1.82, 2.24) is 0 Å². The van der Waals surface area contributed by atoms with Gasteiger partial charge in [-0.1, -0.05) is 26.7 Å². The number of nitrogens with two attached hydrogens (primary N) is 2. The molecule has 3 unspecified atom stereocenters. The minimum Gasteiger partial charge on any atom is -0.330 e. The fourth-order valence-corrected chi connectivity index (χ4v) is 3.21. The van der Waals surface area contributed by atoms with E-state index >= 15 is 0 Å². The average Bonchev–Trinajstić information content (AvgIpc) is 2.35. The van der Waals surface area contributed by atoms with Crippen molar-refractivity contribution in [3.05, 3.63) is 0 Å². The topological polar surface area (TPSA) is 52.0 Å². The quantitative estimate of drug-likeness (QED) is 0.651. The first-order valence-electron chi connectivity index (χ1n) is 7.48. The maximum atomic E-state index is 5.92. The molecular weight excluding hydrogens is 220 g/mol. The van der Waals surface area contributed by atoms with Crippen molar-refractivity contribution in [2.45, 2.75) is 52.4 Å². The third-order valence-corrected chi connectivity index (χ3v) is 5.21. The number of terminal acetylenes is 1. The van der Waals surface area contributed by atoms with Crippen molar-refractivity contribution in [3.8, 4) is 12.3 Å². The summed E-state index contributed by atoms with van der Waals surface area (Å²) in [5.74, 6) is 4.40. The summed E-state index contributed by atoms with van der Waals surface area (Å²) in [7, 11) is 0. The van der Waals surface area contributed by atoms with Crippen LogP contribution in [0.3, 0.4) is 0 Å². The fourth-order valence-electron chi connectivity index (χ4n) is 3.21. The standard InChI is InChI=1S/C16H30N2/c1-4-13(3)15(11-17)14(5-2)7-10-16(12-18)8-6-9-16/h2,13-15H,4,6-12,17-18H2,1,3H3. The van der Waals surface area contributed by atoms with Crippen LogP contribution in [-0.2, 0) is 0 Å². The Labute approximate surface area is 113 Å². The van der Waals surface area contributed by atoms with Gasteiger partial charge in [0.05, 0.1) is 0 Å². The summed E-state index contributed by atoms with van der Waals surface area (Å²) in [6.45, 7) is 6.01. The van der Waals surface area contributed by atoms with Crippen LogP contribution in [-0.4, -0.2) is 13.1 Å². The zero-order valence-electron chi connectivity index (χ0n) is 12.1. The molecular formula is C16H30N2. The van der Waals surface area contributed by atoms with Crippen LogP contribution < -0.4 is 11.5 Å². The molecule has 1 rings (SSSR count). The van der Waals surface area contributed by atoms with Crippen LogP contribution in [0.1, 0.15) is 52.4 Å². The van der Waals surface area contributed by atoms with Crippen molar-refractivity contribution >= 4 is 0 Å². The highest BCUT2D eigenvalue weighted by molar-refractivity contribution is 5.00. The molecule has 0 aliphatic heterocycles. The predicted octanol–water partition coefficient (Wildman–Crippen LogP) is 2.77. The molecule has 0 amide bonds. The van der Waals surface area contributed by atoms with Gasteiger partial charge < -0.3 is 11.5 Å². The molecule has 2 heteroatoms. The van der Waals surface area contributed by atoms with Gasteiger partial charge in [0.2, 0.25) is 0 Å². The maximum absolute atomic E-state index is 5.92. The average molecular weight is 250 g/mol. The van der Waals surface area contributed by atoms with Gasteiger partial charge in [-0.15, -0.1) is 12.3 Å². The smallest absolute Gasteiger partial charge is 0.0243 e. The summed E-state index contributed by atoms with van der Waals surface area (Å²) in [6.07, 6.45) is 13.1. The van der Waals surface area contributed by atoms with Gasteiger partial charge in [0, 0.05) is 5.92 Å². The van der Waals surface area contributed by atoms with E-state index in [0.717, 1.165) is 19.4 Å². The van der Waals surface area contributed by atoms with Crippen molar-refractivity contribution in [2.75, 3.05) is 13.1 Å². The lowest BCUT2D eigenvalue weighted by atomic mass is 9.64. The van der Waals surface area contributed by atoms with Crippen LogP contribution in [0.2, 0.25) is 0 Å². The molecule has 3 atom stereocenters. The summed E-state index contributed by atoms with van der Waals surface area (Å²) in [4.78, 5) is 0. The van der Waals surface area contributed by atoms with Gasteiger partial charge in [0.15, 0.2) is 0 Å². The van der Waals surface area contributed by atoms with Crippen LogP contribution in [0.25, 0.3) is 0 Å². The molecule has 0 saturated heterocycles. The highest BCUT2D eigenvalue weighted by atomic mass is 14.6. The first kappa shape index (κ1) is 15.5. The molecule has 1 fully saturated rings. The normalized spacial score (nSPS) is 22.6. The second kappa shape index (κ2) is 7.16. The summed E-state index contributed by atoms with van der Waals surface area (Å²) in [5, 5.41) is 0. The Bertz CT molecular complexity index is 270. The van der Waals surface area contributed by atoms with Gasteiger partial charge >= 0.3 is 0 Å². The van der Waals surface area contributed by atoms with Crippen LogP contribution in [0.5, 0.6) is 0 Å². The minimum atomic E-state index is 0.328. The van der Waals surface area contributed by atoms with Gasteiger partial charge in [-0.05, 0) is 56.0 Å². The zero-order chi connectivity index (χ0) is 13.6. The predicted molar refractivity (Wildman–Crippen MR) is 78.9 cm³/mol. The molecule has 104 valence electrons. The summed E-state index contributed by atoms with van der Waals surface area (Å²) < 4.78 is 0. The van der Waals surface area contributed by atoms with Gasteiger partial charge in [0.25, 0.3) is 0 Å². The van der Waals surface area contributed by atoms with Gasteiger partial charge in [-0.2, -0.15) is 0 Å². The van der Waals surface area contributed by atoms with Gasteiger partial charge in [0.1, 0.15) is 0 Å². The lowest BCUT2D eigenvalue weighted by Crippen LogP contribution is -2.38. The Hall–Kier alpha value is -0.520. The second-order valence-corrected chi connectivity index (χ2v) is 6.15. The lowest BCUT2D eigenvalue weighted by molar-refractivity contribution is 0.114. The first-order valence-corrected chi connectivity index (χ1v) is 7.48. The largest absolute Gasteiger partial charge is 0.330 e. The summed E-state index contributed by atoms with van der Waals surface area (Å²) in [5.41, 5.74) is 12.2. The molecule has 1 aliphatic carbocycles. The highest BCUT2D eigenvalue weighted by Gasteiger charge is 2.36. The molecule has 18 heavy (non-hydrogen) atoms. The van der Waals surface area contributed by atoms with E-state index in [1.807, 2.05) is 0 Å². The molecule has 0 aromatic heterocycles.